The minimum atomic E-state index is 0.588. The normalized spacial score (nSPS) is 10.3. The molecule has 84 valence electrons. The summed E-state index contributed by atoms with van der Waals surface area (Å²) in [7, 11) is 0. The number of halogens is 1. The van der Waals surface area contributed by atoms with E-state index in [-0.39, 0.29) is 0 Å². The summed E-state index contributed by atoms with van der Waals surface area (Å²) in [6.07, 6.45) is 0.760. The fraction of sp³-hybridized carbons (Fsp3) is 0.182. The number of rotatable bonds is 4. The molecule has 0 aliphatic rings. The Morgan fingerprint density at radius 1 is 1.31 bits per heavy atom. The molecule has 1 aromatic carbocycles. The highest BCUT2D eigenvalue weighted by molar-refractivity contribution is 7.13. The summed E-state index contributed by atoms with van der Waals surface area (Å²) >= 11 is 7.21. The van der Waals surface area contributed by atoms with Crippen molar-refractivity contribution in [1.29, 1.82) is 0 Å². The van der Waals surface area contributed by atoms with Crippen molar-refractivity contribution in [3.05, 3.63) is 40.4 Å². The van der Waals surface area contributed by atoms with Gasteiger partial charge >= 0.3 is 0 Å². The quantitative estimate of drug-likeness (QED) is 0.913. The topological polar surface area (TPSA) is 48.1 Å². The lowest BCUT2D eigenvalue weighted by molar-refractivity contribution is 0.321. The van der Waals surface area contributed by atoms with Crippen LogP contribution in [0.3, 0.4) is 0 Å². The molecule has 1 aromatic heterocycles. The second-order valence-corrected chi connectivity index (χ2v) is 4.56. The zero-order valence-electron chi connectivity index (χ0n) is 8.52. The molecule has 0 aliphatic heterocycles. The van der Waals surface area contributed by atoms with Crippen molar-refractivity contribution in [2.45, 2.75) is 6.42 Å². The number of nitrogens with two attached hydrogens (primary N) is 1. The van der Waals surface area contributed by atoms with Crippen molar-refractivity contribution in [2.75, 3.05) is 12.3 Å². The van der Waals surface area contributed by atoms with Gasteiger partial charge in [0, 0.05) is 16.8 Å². The average Bonchev–Trinajstić information content (AvgIpc) is 2.67. The van der Waals surface area contributed by atoms with E-state index in [1.165, 1.54) is 11.3 Å². The van der Waals surface area contributed by atoms with Gasteiger partial charge in [-0.05, 0) is 24.3 Å². The van der Waals surface area contributed by atoms with Gasteiger partial charge in [-0.2, -0.15) is 0 Å². The molecule has 0 aliphatic carbocycles. The molecule has 0 bridgehead atoms. The Labute approximate surface area is 103 Å². The van der Waals surface area contributed by atoms with E-state index in [0.29, 0.717) is 16.8 Å². The zero-order chi connectivity index (χ0) is 11.4. The number of benzene rings is 1. The van der Waals surface area contributed by atoms with Gasteiger partial charge in [-0.3, -0.25) is 0 Å². The third-order valence-electron chi connectivity index (χ3n) is 2.01. The molecule has 0 saturated heterocycles. The van der Waals surface area contributed by atoms with Crippen LogP contribution in [0.4, 0.5) is 5.13 Å². The van der Waals surface area contributed by atoms with E-state index in [0.717, 1.165) is 17.9 Å². The molecule has 5 heteroatoms. The molecule has 0 spiro atoms. The van der Waals surface area contributed by atoms with Gasteiger partial charge in [0.1, 0.15) is 5.75 Å². The standard InChI is InChI=1S/C11H11ClN2OS/c12-8-1-3-10(4-2-8)15-6-5-9-7-16-11(13)14-9/h1-4,7H,5-6H2,(H2,13,14). The first-order valence-corrected chi connectivity index (χ1v) is 6.08. The van der Waals surface area contributed by atoms with E-state index in [9.17, 15) is 0 Å². The molecule has 3 nitrogen and oxygen atoms in total. The van der Waals surface area contributed by atoms with Gasteiger partial charge < -0.3 is 10.5 Å². The lowest BCUT2D eigenvalue weighted by atomic mass is 10.3. The summed E-state index contributed by atoms with van der Waals surface area (Å²) in [5, 5.41) is 3.25. The molecular weight excluding hydrogens is 244 g/mol. The van der Waals surface area contributed by atoms with Crippen molar-refractivity contribution < 1.29 is 4.74 Å². The van der Waals surface area contributed by atoms with Crippen molar-refractivity contribution >= 4 is 28.1 Å². The largest absolute Gasteiger partial charge is 0.493 e. The Morgan fingerprint density at radius 3 is 2.69 bits per heavy atom. The first-order valence-electron chi connectivity index (χ1n) is 4.82. The van der Waals surface area contributed by atoms with E-state index in [1.807, 2.05) is 17.5 Å². The maximum atomic E-state index is 5.77. The van der Waals surface area contributed by atoms with Crippen LogP contribution in [-0.2, 0) is 6.42 Å². The van der Waals surface area contributed by atoms with Crippen molar-refractivity contribution in [1.82, 2.24) is 4.98 Å². The molecule has 2 aromatic rings. The Morgan fingerprint density at radius 2 is 2.06 bits per heavy atom. The summed E-state index contributed by atoms with van der Waals surface area (Å²) in [5.74, 6) is 0.813. The number of hydrogen-bond donors (Lipinski definition) is 1. The van der Waals surface area contributed by atoms with E-state index in [1.54, 1.807) is 12.1 Å². The highest BCUT2D eigenvalue weighted by Crippen LogP contribution is 2.16. The van der Waals surface area contributed by atoms with Gasteiger partial charge in [-0.15, -0.1) is 11.3 Å². The number of ether oxygens (including phenoxy) is 1. The SMILES string of the molecule is Nc1nc(CCOc2ccc(Cl)cc2)cs1. The fourth-order valence-electron chi connectivity index (χ4n) is 1.24. The number of hydrogen-bond acceptors (Lipinski definition) is 4. The molecule has 0 radical (unpaired) electrons. The van der Waals surface area contributed by atoms with Crippen LogP contribution in [0.15, 0.2) is 29.6 Å². The minimum Gasteiger partial charge on any atom is -0.493 e. The smallest absolute Gasteiger partial charge is 0.180 e. The van der Waals surface area contributed by atoms with Gasteiger partial charge in [0.25, 0.3) is 0 Å². The average molecular weight is 255 g/mol. The summed E-state index contributed by atoms with van der Waals surface area (Å²) < 4.78 is 5.54. The number of nitrogen functional groups attached to an aromatic ring is 1. The molecule has 0 atom stereocenters. The van der Waals surface area contributed by atoms with Crippen LogP contribution in [0.5, 0.6) is 5.75 Å². The molecule has 0 saturated carbocycles. The van der Waals surface area contributed by atoms with Gasteiger partial charge in [-0.1, -0.05) is 11.6 Å². The Hall–Kier alpha value is -1.26. The maximum Gasteiger partial charge on any atom is 0.180 e. The van der Waals surface area contributed by atoms with Crippen LogP contribution in [0.1, 0.15) is 5.69 Å². The van der Waals surface area contributed by atoms with Crippen LogP contribution in [0.2, 0.25) is 5.02 Å². The Balaban J connectivity index is 1.82. The van der Waals surface area contributed by atoms with E-state index in [4.69, 9.17) is 22.1 Å². The molecule has 0 fully saturated rings. The van der Waals surface area contributed by atoms with Gasteiger partial charge in [-0.25, -0.2) is 4.98 Å². The lowest BCUT2D eigenvalue weighted by Gasteiger charge is -2.04. The molecule has 2 N–H and O–H groups in total. The number of aromatic nitrogens is 1. The van der Waals surface area contributed by atoms with Crippen molar-refractivity contribution in [2.24, 2.45) is 0 Å². The minimum absolute atomic E-state index is 0.588. The zero-order valence-corrected chi connectivity index (χ0v) is 10.1. The molecule has 2 rings (SSSR count). The van der Waals surface area contributed by atoms with E-state index >= 15 is 0 Å². The molecule has 1 heterocycles. The first-order chi connectivity index (χ1) is 7.74. The monoisotopic (exact) mass is 254 g/mol. The highest BCUT2D eigenvalue weighted by atomic mass is 35.5. The third-order valence-corrected chi connectivity index (χ3v) is 2.98. The predicted molar refractivity (Wildman–Crippen MR) is 67.2 cm³/mol. The molecule has 0 amide bonds. The van der Waals surface area contributed by atoms with Crippen LogP contribution < -0.4 is 10.5 Å². The second kappa shape index (κ2) is 5.18. The van der Waals surface area contributed by atoms with Crippen LogP contribution in [0.25, 0.3) is 0 Å². The van der Waals surface area contributed by atoms with Crippen LogP contribution in [0, 0.1) is 0 Å². The van der Waals surface area contributed by atoms with E-state index < -0.39 is 0 Å². The molecule has 16 heavy (non-hydrogen) atoms. The van der Waals surface area contributed by atoms with Gasteiger partial charge in [0.2, 0.25) is 0 Å². The molecular formula is C11H11ClN2OS. The van der Waals surface area contributed by atoms with Crippen LogP contribution in [-0.4, -0.2) is 11.6 Å². The second-order valence-electron chi connectivity index (χ2n) is 3.23. The van der Waals surface area contributed by atoms with Gasteiger partial charge in [0.05, 0.1) is 12.3 Å². The summed E-state index contributed by atoms with van der Waals surface area (Å²) in [6.45, 7) is 0.588. The van der Waals surface area contributed by atoms with Crippen molar-refractivity contribution in [3.8, 4) is 5.75 Å². The Bertz CT molecular complexity index is 455. The summed E-state index contributed by atoms with van der Waals surface area (Å²) in [6, 6.07) is 7.30. The third kappa shape index (κ3) is 3.12. The lowest BCUT2D eigenvalue weighted by Crippen LogP contribution is -2.01. The number of thiazole rings is 1. The van der Waals surface area contributed by atoms with Crippen LogP contribution >= 0.6 is 22.9 Å². The fourth-order valence-corrected chi connectivity index (χ4v) is 1.97. The maximum absolute atomic E-state index is 5.77. The predicted octanol–water partition coefficient (Wildman–Crippen LogP) is 3.00. The van der Waals surface area contributed by atoms with E-state index in [2.05, 4.69) is 4.98 Å². The van der Waals surface area contributed by atoms with Gasteiger partial charge in [0.15, 0.2) is 5.13 Å². The number of anilines is 1. The summed E-state index contributed by atoms with van der Waals surface area (Å²) in [4.78, 5) is 4.15. The molecule has 0 unspecified atom stereocenters. The summed E-state index contributed by atoms with van der Waals surface area (Å²) in [5.41, 5.74) is 6.50. The first kappa shape index (κ1) is 11.2. The van der Waals surface area contributed by atoms with Crippen molar-refractivity contribution in [3.63, 3.8) is 0 Å². The Kier molecular flexibility index (Phi) is 3.64. The number of nitrogens with zero attached hydrogens (tertiary/aromatic N) is 1. The highest BCUT2D eigenvalue weighted by Gasteiger charge is 1.99.